The van der Waals surface area contributed by atoms with Gasteiger partial charge in [-0.25, -0.2) is 9.19 Å². The minimum absolute atomic E-state index is 0.0446. The van der Waals surface area contributed by atoms with Crippen molar-refractivity contribution in [2.75, 3.05) is 11.6 Å². The quantitative estimate of drug-likeness (QED) is 0.342. The van der Waals surface area contributed by atoms with Crippen LogP contribution in [0.2, 0.25) is 0 Å². The van der Waals surface area contributed by atoms with Crippen molar-refractivity contribution < 1.29 is 36.1 Å². The molecule has 1 unspecified atom stereocenters. The number of amides is 2. The standard InChI is InChI=1S/C23H21F4N5O4S/c1-5-18(33)32-37(4,35)15-8-6-7-14(11-15)29-21(34)19-12(2)20(23(25,26)27)30-31-22(19)36-16-9-10-17(24)28-13(16)3/h6-11H,5H2,1-4H3,(H,29,34). The van der Waals surface area contributed by atoms with Crippen LogP contribution in [0.15, 0.2) is 45.7 Å². The molecule has 0 aliphatic heterocycles. The van der Waals surface area contributed by atoms with Gasteiger partial charge in [-0.15, -0.1) is 10.2 Å². The summed E-state index contributed by atoms with van der Waals surface area (Å²) in [6.45, 7) is 3.98. The number of carbonyl (C=O) groups is 2. The molecule has 9 nitrogen and oxygen atoms in total. The molecule has 0 fully saturated rings. The normalized spacial score (nSPS) is 13.0. The minimum atomic E-state index is -4.92. The van der Waals surface area contributed by atoms with Crippen LogP contribution >= 0.6 is 0 Å². The zero-order chi connectivity index (χ0) is 27.5. The molecule has 0 spiro atoms. The van der Waals surface area contributed by atoms with Crippen LogP contribution in [0.1, 0.15) is 40.7 Å². The predicted octanol–water partition coefficient (Wildman–Crippen LogP) is 5.08. The fourth-order valence-electron chi connectivity index (χ4n) is 3.15. The van der Waals surface area contributed by atoms with Crippen LogP contribution in [-0.2, 0) is 20.7 Å². The molecule has 2 amide bonds. The molecule has 0 aliphatic carbocycles. The maximum atomic E-state index is 13.5. The highest BCUT2D eigenvalue weighted by atomic mass is 32.2. The second-order valence-electron chi connectivity index (χ2n) is 7.79. The Morgan fingerprint density at radius 2 is 1.84 bits per heavy atom. The van der Waals surface area contributed by atoms with Crippen molar-refractivity contribution >= 4 is 27.2 Å². The van der Waals surface area contributed by atoms with Gasteiger partial charge in [0.2, 0.25) is 5.95 Å². The molecule has 1 aromatic carbocycles. The molecular formula is C23H21F4N5O4S. The number of hydrogen-bond donors (Lipinski definition) is 1. The Balaban J connectivity index is 2.06. The van der Waals surface area contributed by atoms with Crippen molar-refractivity contribution in [1.82, 2.24) is 15.2 Å². The Morgan fingerprint density at radius 1 is 1.14 bits per heavy atom. The Bertz CT molecular complexity index is 1500. The lowest BCUT2D eigenvalue weighted by atomic mass is 10.1. The van der Waals surface area contributed by atoms with Gasteiger partial charge in [-0.1, -0.05) is 13.0 Å². The Labute approximate surface area is 209 Å². The van der Waals surface area contributed by atoms with Crippen molar-refractivity contribution in [2.45, 2.75) is 38.3 Å². The number of pyridine rings is 1. The third kappa shape index (κ3) is 6.44. The number of nitrogens with one attached hydrogen (secondary N) is 1. The molecule has 2 aromatic heterocycles. The van der Waals surface area contributed by atoms with E-state index in [1.807, 2.05) is 0 Å². The van der Waals surface area contributed by atoms with Crippen LogP contribution in [0.3, 0.4) is 0 Å². The van der Waals surface area contributed by atoms with Crippen molar-refractivity contribution in [3.05, 3.63) is 64.9 Å². The predicted molar refractivity (Wildman–Crippen MR) is 125 cm³/mol. The first-order valence-electron chi connectivity index (χ1n) is 10.6. The van der Waals surface area contributed by atoms with Crippen molar-refractivity contribution in [3.63, 3.8) is 0 Å². The van der Waals surface area contributed by atoms with Crippen molar-refractivity contribution in [3.8, 4) is 11.6 Å². The van der Waals surface area contributed by atoms with Gasteiger partial charge < -0.3 is 10.1 Å². The third-order valence-corrected chi connectivity index (χ3v) is 6.68. The molecule has 0 bridgehead atoms. The highest BCUT2D eigenvalue weighted by Gasteiger charge is 2.38. The molecule has 0 aliphatic rings. The molecule has 0 saturated carbocycles. The summed E-state index contributed by atoms with van der Waals surface area (Å²) in [7, 11) is -3.15. The van der Waals surface area contributed by atoms with E-state index in [1.165, 1.54) is 43.5 Å². The van der Waals surface area contributed by atoms with Gasteiger partial charge in [-0.05, 0) is 49.7 Å². The van der Waals surface area contributed by atoms with Gasteiger partial charge in [0, 0.05) is 23.3 Å². The Hall–Kier alpha value is -3.94. The lowest BCUT2D eigenvalue weighted by Crippen LogP contribution is -2.21. The van der Waals surface area contributed by atoms with Gasteiger partial charge in [0.1, 0.15) is 5.56 Å². The number of alkyl halides is 3. The molecule has 0 radical (unpaired) electrons. The average Bonchev–Trinajstić information content (AvgIpc) is 2.80. The molecule has 1 N–H and O–H groups in total. The van der Waals surface area contributed by atoms with E-state index in [0.717, 1.165) is 13.0 Å². The molecular weight excluding hydrogens is 518 g/mol. The van der Waals surface area contributed by atoms with Gasteiger partial charge in [0.15, 0.2) is 11.4 Å². The van der Waals surface area contributed by atoms with E-state index in [2.05, 4.69) is 24.9 Å². The summed E-state index contributed by atoms with van der Waals surface area (Å²) in [5.41, 5.74) is -2.43. The van der Waals surface area contributed by atoms with E-state index in [1.54, 1.807) is 6.92 Å². The lowest BCUT2D eigenvalue weighted by Gasteiger charge is -2.16. The Morgan fingerprint density at radius 3 is 2.46 bits per heavy atom. The molecule has 2 heterocycles. The van der Waals surface area contributed by atoms with Crippen LogP contribution in [0.5, 0.6) is 11.6 Å². The number of aryl methyl sites for hydroxylation is 1. The topological polar surface area (TPSA) is 124 Å². The second kappa shape index (κ2) is 10.6. The van der Waals surface area contributed by atoms with Gasteiger partial charge in [-0.2, -0.15) is 21.9 Å². The molecule has 1 atom stereocenters. The van der Waals surface area contributed by atoms with Gasteiger partial charge in [0.25, 0.3) is 17.7 Å². The summed E-state index contributed by atoms with van der Waals surface area (Å²) in [6, 6.07) is 7.71. The van der Waals surface area contributed by atoms with Crippen molar-refractivity contribution in [2.24, 2.45) is 4.36 Å². The molecule has 37 heavy (non-hydrogen) atoms. The highest BCUT2D eigenvalue weighted by Crippen LogP contribution is 2.35. The number of ether oxygens (including phenoxy) is 1. The van der Waals surface area contributed by atoms with E-state index in [9.17, 15) is 31.4 Å². The van der Waals surface area contributed by atoms with E-state index >= 15 is 0 Å². The summed E-state index contributed by atoms with van der Waals surface area (Å²) in [6.07, 6.45) is -3.62. The van der Waals surface area contributed by atoms with Crippen LogP contribution < -0.4 is 10.1 Å². The van der Waals surface area contributed by atoms with Crippen LogP contribution in [0.25, 0.3) is 0 Å². The first-order chi connectivity index (χ1) is 17.2. The Kier molecular flexibility index (Phi) is 7.91. The maximum absolute atomic E-state index is 13.5. The maximum Gasteiger partial charge on any atom is 0.435 e. The molecule has 3 aromatic rings. The third-order valence-electron chi connectivity index (χ3n) is 5.00. The molecule has 14 heteroatoms. The van der Waals surface area contributed by atoms with E-state index in [4.69, 9.17) is 4.74 Å². The minimum Gasteiger partial charge on any atom is -0.435 e. The molecule has 3 rings (SSSR count). The van der Waals surface area contributed by atoms with Gasteiger partial charge >= 0.3 is 6.18 Å². The fraction of sp³-hybridized carbons (Fsp3) is 0.261. The summed E-state index contributed by atoms with van der Waals surface area (Å²) in [5.74, 6) is -3.05. The summed E-state index contributed by atoms with van der Waals surface area (Å²) in [5, 5.41) is 9.05. The second-order valence-corrected chi connectivity index (χ2v) is 10.1. The zero-order valence-electron chi connectivity index (χ0n) is 20.0. The number of anilines is 1. The first-order valence-corrected chi connectivity index (χ1v) is 12.6. The number of rotatable bonds is 6. The van der Waals surface area contributed by atoms with Crippen LogP contribution in [0.4, 0.5) is 23.2 Å². The van der Waals surface area contributed by atoms with Crippen molar-refractivity contribution in [1.29, 1.82) is 0 Å². The first kappa shape index (κ1) is 27.6. The monoisotopic (exact) mass is 539 g/mol. The number of halogens is 4. The number of aromatic nitrogens is 3. The highest BCUT2D eigenvalue weighted by molar-refractivity contribution is 7.93. The fourth-order valence-corrected chi connectivity index (χ4v) is 4.45. The summed E-state index contributed by atoms with van der Waals surface area (Å²) in [4.78, 5) is 28.6. The number of nitrogens with zero attached hydrogens (tertiary/aromatic N) is 4. The lowest BCUT2D eigenvalue weighted by molar-refractivity contribution is -0.142. The van der Waals surface area contributed by atoms with Crippen LogP contribution in [-0.4, -0.2) is 37.5 Å². The van der Waals surface area contributed by atoms with Gasteiger partial charge in [-0.3, -0.25) is 9.59 Å². The number of hydrogen-bond acceptors (Lipinski definition) is 7. The van der Waals surface area contributed by atoms with E-state index < -0.39 is 56.4 Å². The molecule has 196 valence electrons. The smallest absolute Gasteiger partial charge is 0.435 e. The SMILES string of the molecule is CCC(=O)N=S(C)(=O)c1cccc(NC(=O)c2c(Oc3ccc(F)nc3C)nnc(C(F)(F)F)c2C)c1. The van der Waals surface area contributed by atoms with E-state index in [0.29, 0.717) is 0 Å². The van der Waals surface area contributed by atoms with E-state index in [-0.39, 0.29) is 28.4 Å². The zero-order valence-corrected chi connectivity index (χ0v) is 20.8. The number of carbonyl (C=O) groups excluding carboxylic acids is 2. The summed E-state index contributed by atoms with van der Waals surface area (Å²) < 4.78 is 76.0. The summed E-state index contributed by atoms with van der Waals surface area (Å²) >= 11 is 0. The average molecular weight is 540 g/mol. The van der Waals surface area contributed by atoms with Gasteiger partial charge in [0.05, 0.1) is 15.4 Å². The largest absolute Gasteiger partial charge is 0.435 e. The number of benzene rings is 1. The molecule has 0 saturated heterocycles. The van der Waals surface area contributed by atoms with Crippen LogP contribution in [0, 0.1) is 19.8 Å².